The number of fused-ring (bicyclic) bond motifs is 2. The molecule has 2 aliphatic rings. The maximum atomic E-state index is 16.2. The summed E-state index contributed by atoms with van der Waals surface area (Å²) >= 11 is 0. The molecule has 4 aromatic rings. The Morgan fingerprint density at radius 2 is 1.64 bits per heavy atom. The smallest absolute Gasteiger partial charge is 0.464 e. The molecule has 10 heteroatoms. The maximum Gasteiger partial charge on any atom is 0.742 e. The first-order valence-electron chi connectivity index (χ1n) is 10.2. The van der Waals surface area contributed by atoms with Crippen LogP contribution in [0.1, 0.15) is 11.5 Å². The summed E-state index contributed by atoms with van der Waals surface area (Å²) in [4.78, 5) is 7.98. The summed E-state index contributed by atoms with van der Waals surface area (Å²) in [7, 11) is 0. The first-order valence-corrected chi connectivity index (χ1v) is 10.2. The van der Waals surface area contributed by atoms with Gasteiger partial charge < -0.3 is 27.0 Å². The van der Waals surface area contributed by atoms with Crippen LogP contribution in [0.25, 0.3) is 5.57 Å². The van der Waals surface area contributed by atoms with Crippen molar-refractivity contribution in [3.8, 4) is 17.4 Å². The van der Waals surface area contributed by atoms with Gasteiger partial charge in [0.25, 0.3) is 0 Å². The highest BCUT2D eigenvalue weighted by Crippen LogP contribution is 2.43. The number of rotatable bonds is 4. The summed E-state index contributed by atoms with van der Waals surface area (Å²) in [6.07, 6.45) is 10.7. The average Bonchev–Trinajstić information content (AvgIpc) is 3.57. The van der Waals surface area contributed by atoms with E-state index in [-0.39, 0.29) is 23.2 Å². The molecule has 6 rings (SSSR count). The summed E-state index contributed by atoms with van der Waals surface area (Å²) < 4.78 is 51.3. The Bertz CT molecular complexity index is 1430. The standard InChI is InChI=1S/C23H15BF2N4O3/c25-24(26)29-18(7-9-21(29)32-16-4-1-11-27-14-16)23(20-6-3-13-31-20)19-8-10-22(30(19)24)33-17-5-2-12-28-15-17/h1-15H. The SMILES string of the molecule is F[B-]1(F)n2c(Oc3cccnc3)ccc2C(c2ccco2)=C2C=CC(Oc3cccnc3)=[N+]21. The van der Waals surface area contributed by atoms with Crippen molar-refractivity contribution in [3.63, 3.8) is 0 Å². The van der Waals surface area contributed by atoms with Crippen LogP contribution in [-0.2, 0) is 0 Å². The second-order valence-corrected chi connectivity index (χ2v) is 7.38. The van der Waals surface area contributed by atoms with E-state index in [4.69, 9.17) is 13.9 Å². The lowest BCUT2D eigenvalue weighted by molar-refractivity contribution is -0.370. The van der Waals surface area contributed by atoms with Gasteiger partial charge in [-0.05, 0) is 48.5 Å². The molecule has 162 valence electrons. The molecular formula is C23H15BF2N4O3. The van der Waals surface area contributed by atoms with Crippen LogP contribution < -0.4 is 9.47 Å². The Hall–Kier alpha value is -4.47. The third-order valence-electron chi connectivity index (χ3n) is 5.38. The van der Waals surface area contributed by atoms with Gasteiger partial charge in [-0.1, -0.05) is 0 Å². The monoisotopic (exact) mass is 444 g/mol. The van der Waals surface area contributed by atoms with Crippen molar-refractivity contribution >= 4 is 18.4 Å². The van der Waals surface area contributed by atoms with Gasteiger partial charge in [-0.2, -0.15) is 0 Å². The van der Waals surface area contributed by atoms with Gasteiger partial charge in [0.05, 0.1) is 24.7 Å². The number of hydrogen-bond donors (Lipinski definition) is 0. The minimum atomic E-state index is -4.38. The molecule has 0 amide bonds. The predicted octanol–water partition coefficient (Wildman–Crippen LogP) is 4.72. The van der Waals surface area contributed by atoms with E-state index in [9.17, 15) is 0 Å². The number of allylic oxidation sites excluding steroid dienone is 1. The topological polar surface area (TPSA) is 65.3 Å². The summed E-state index contributed by atoms with van der Waals surface area (Å²) in [5, 5.41) is 0. The first-order chi connectivity index (χ1) is 16.1. The second-order valence-electron chi connectivity index (χ2n) is 7.38. The van der Waals surface area contributed by atoms with Gasteiger partial charge in [0.2, 0.25) is 0 Å². The fourth-order valence-electron chi connectivity index (χ4n) is 4.05. The van der Waals surface area contributed by atoms with Crippen molar-refractivity contribution < 1.29 is 27.0 Å². The van der Waals surface area contributed by atoms with Gasteiger partial charge in [-0.25, -0.2) is 0 Å². The Labute approximate surface area is 186 Å². The summed E-state index contributed by atoms with van der Waals surface area (Å²) in [5.41, 5.74) is 1.04. The van der Waals surface area contributed by atoms with Crippen molar-refractivity contribution in [2.75, 3.05) is 0 Å². The Kier molecular flexibility index (Phi) is 4.26. The fraction of sp³-hybridized carbons (Fsp3) is 0. The van der Waals surface area contributed by atoms with Crippen LogP contribution in [0.4, 0.5) is 8.63 Å². The zero-order valence-electron chi connectivity index (χ0n) is 17.0. The molecule has 2 aliphatic heterocycles. The van der Waals surface area contributed by atoms with Gasteiger partial charge in [-0.3, -0.25) is 14.5 Å². The number of pyridine rings is 2. The molecule has 0 fully saturated rings. The molecule has 0 saturated heterocycles. The number of furan rings is 1. The van der Waals surface area contributed by atoms with E-state index < -0.39 is 6.97 Å². The summed E-state index contributed by atoms with van der Waals surface area (Å²) in [6, 6.07) is 13.2. The van der Waals surface area contributed by atoms with E-state index in [1.807, 2.05) is 0 Å². The molecule has 0 N–H and O–H groups in total. The van der Waals surface area contributed by atoms with Crippen molar-refractivity contribution in [2.45, 2.75) is 0 Å². The molecule has 0 spiro atoms. The average molecular weight is 444 g/mol. The third-order valence-corrected chi connectivity index (χ3v) is 5.38. The predicted molar refractivity (Wildman–Crippen MR) is 116 cm³/mol. The molecule has 0 bridgehead atoms. The molecule has 6 heterocycles. The van der Waals surface area contributed by atoms with Crippen LogP contribution >= 0.6 is 0 Å². The van der Waals surface area contributed by atoms with E-state index in [1.54, 1.807) is 60.9 Å². The lowest BCUT2D eigenvalue weighted by atomic mass is 9.88. The molecule has 0 aliphatic carbocycles. The van der Waals surface area contributed by atoms with Crippen LogP contribution in [0.3, 0.4) is 0 Å². The number of ether oxygens (including phenoxy) is 2. The van der Waals surface area contributed by atoms with Crippen molar-refractivity contribution in [3.05, 3.63) is 109 Å². The van der Waals surface area contributed by atoms with Crippen LogP contribution in [0.2, 0.25) is 0 Å². The van der Waals surface area contributed by atoms with Gasteiger partial charge in [0, 0.05) is 24.2 Å². The van der Waals surface area contributed by atoms with Crippen molar-refractivity contribution in [1.29, 1.82) is 0 Å². The maximum absolute atomic E-state index is 16.2. The van der Waals surface area contributed by atoms with Gasteiger partial charge in [0.1, 0.15) is 17.1 Å². The Morgan fingerprint density at radius 3 is 2.30 bits per heavy atom. The quantitative estimate of drug-likeness (QED) is 0.427. The lowest BCUT2D eigenvalue weighted by Gasteiger charge is -2.31. The van der Waals surface area contributed by atoms with Gasteiger partial charge in [0.15, 0.2) is 17.3 Å². The largest absolute Gasteiger partial charge is 0.742 e. The van der Waals surface area contributed by atoms with E-state index >= 15 is 8.63 Å². The molecule has 0 aromatic carbocycles. The molecule has 0 unspecified atom stereocenters. The zero-order valence-corrected chi connectivity index (χ0v) is 17.0. The summed E-state index contributed by atoms with van der Waals surface area (Å²) in [5.74, 6) is 1.07. The normalized spacial score (nSPS) is 16.1. The van der Waals surface area contributed by atoms with E-state index in [1.165, 1.54) is 30.8 Å². The van der Waals surface area contributed by atoms with Gasteiger partial charge >= 0.3 is 12.9 Å². The fourth-order valence-corrected chi connectivity index (χ4v) is 4.05. The highest BCUT2D eigenvalue weighted by molar-refractivity contribution is 6.58. The van der Waals surface area contributed by atoms with Crippen molar-refractivity contribution in [2.24, 2.45) is 0 Å². The van der Waals surface area contributed by atoms with Gasteiger partial charge in [-0.15, -0.1) is 0 Å². The highest BCUT2D eigenvalue weighted by Gasteiger charge is 2.56. The van der Waals surface area contributed by atoms with E-state index in [0.29, 0.717) is 22.8 Å². The lowest BCUT2D eigenvalue weighted by Crippen LogP contribution is -2.51. The molecule has 7 nitrogen and oxygen atoms in total. The molecule has 0 atom stereocenters. The number of nitrogens with zero attached hydrogens (tertiary/aromatic N) is 4. The van der Waals surface area contributed by atoms with E-state index in [0.717, 1.165) is 8.96 Å². The Morgan fingerprint density at radius 1 is 0.879 bits per heavy atom. The highest BCUT2D eigenvalue weighted by atomic mass is 19.2. The summed E-state index contributed by atoms with van der Waals surface area (Å²) in [6.45, 7) is -4.38. The second kappa shape index (κ2) is 7.30. The number of hydrogen-bond acceptors (Lipinski definition) is 5. The Balaban J connectivity index is 1.55. The third kappa shape index (κ3) is 3.07. The minimum absolute atomic E-state index is 0.0290. The molecule has 0 saturated carbocycles. The molecular weight excluding hydrogens is 429 g/mol. The van der Waals surface area contributed by atoms with Crippen LogP contribution in [-0.4, -0.2) is 31.8 Å². The number of halogens is 2. The number of aromatic nitrogens is 3. The van der Waals surface area contributed by atoms with Crippen LogP contribution in [0.5, 0.6) is 17.4 Å². The zero-order chi connectivity index (χ0) is 22.4. The van der Waals surface area contributed by atoms with E-state index in [2.05, 4.69) is 9.97 Å². The first kappa shape index (κ1) is 19.2. The minimum Gasteiger partial charge on any atom is -0.464 e. The van der Waals surface area contributed by atoms with Crippen molar-refractivity contribution in [1.82, 2.24) is 14.4 Å². The molecule has 4 aromatic heterocycles. The van der Waals surface area contributed by atoms with Crippen LogP contribution in [0, 0.1) is 0 Å². The van der Waals surface area contributed by atoms with Crippen LogP contribution in [0.15, 0.2) is 102 Å². The molecule has 33 heavy (non-hydrogen) atoms. The molecule has 0 radical (unpaired) electrons.